The number of hydrogen-bond acceptors (Lipinski definition) is 2. The van der Waals surface area contributed by atoms with E-state index >= 15 is 0 Å². The topological polar surface area (TPSA) is 24.1 Å². The van der Waals surface area contributed by atoms with Crippen molar-refractivity contribution in [2.45, 2.75) is 65.2 Å². The van der Waals surface area contributed by atoms with Crippen LogP contribution in [0.25, 0.3) is 0 Å². The van der Waals surface area contributed by atoms with Crippen molar-refractivity contribution in [3.8, 4) is 0 Å². The van der Waals surface area contributed by atoms with E-state index in [2.05, 4.69) is 24.5 Å². The van der Waals surface area contributed by atoms with Crippen molar-refractivity contribution >= 4 is 0 Å². The lowest BCUT2D eigenvalue weighted by atomic mass is 9.92. The van der Waals surface area contributed by atoms with Gasteiger partial charge in [0.2, 0.25) is 0 Å². The van der Waals surface area contributed by atoms with Gasteiger partial charge in [-0.25, -0.2) is 0 Å². The van der Waals surface area contributed by atoms with Crippen LogP contribution in [0.4, 0.5) is 0 Å². The quantitative estimate of drug-likeness (QED) is 0.623. The lowest BCUT2D eigenvalue weighted by molar-refractivity contribution is 0.318. The maximum Gasteiger partial charge on any atom is -0.00150 e. The van der Waals surface area contributed by atoms with Crippen molar-refractivity contribution in [1.29, 1.82) is 0 Å². The summed E-state index contributed by atoms with van der Waals surface area (Å²) in [6.45, 7) is 9.69. The average molecular weight is 266 g/mol. The van der Waals surface area contributed by atoms with Crippen LogP contribution < -0.4 is 10.6 Å². The Morgan fingerprint density at radius 3 is 2.58 bits per heavy atom. The fourth-order valence-corrected chi connectivity index (χ4v) is 3.69. The van der Waals surface area contributed by atoms with Crippen molar-refractivity contribution in [3.63, 3.8) is 0 Å². The molecule has 2 N–H and O–H groups in total. The standard InChI is InChI=1S/C17H34N2/c1-15(2)7-5-3-4-6-10-19-14-16-13-17(16)8-11-18-12-9-17/h15-16,18-19H,3-14H2,1-2H3. The molecule has 0 radical (unpaired) electrons. The van der Waals surface area contributed by atoms with E-state index in [1.54, 1.807) is 0 Å². The second-order valence-corrected chi connectivity index (χ2v) is 7.31. The van der Waals surface area contributed by atoms with Crippen LogP contribution in [-0.2, 0) is 0 Å². The molecule has 2 fully saturated rings. The Balaban J connectivity index is 1.39. The van der Waals surface area contributed by atoms with E-state index < -0.39 is 0 Å². The van der Waals surface area contributed by atoms with Crippen molar-refractivity contribution in [1.82, 2.24) is 10.6 Å². The van der Waals surface area contributed by atoms with Crippen LogP contribution in [0.15, 0.2) is 0 Å². The monoisotopic (exact) mass is 266 g/mol. The smallest absolute Gasteiger partial charge is 0.00150 e. The summed E-state index contributed by atoms with van der Waals surface area (Å²) in [4.78, 5) is 0. The van der Waals surface area contributed by atoms with Gasteiger partial charge in [-0.05, 0) is 69.1 Å². The normalized spacial score (nSPS) is 25.1. The number of unbranched alkanes of at least 4 members (excludes halogenated alkanes) is 3. The summed E-state index contributed by atoms with van der Waals surface area (Å²) in [7, 11) is 0. The van der Waals surface area contributed by atoms with Crippen LogP contribution in [0.3, 0.4) is 0 Å². The molecular weight excluding hydrogens is 232 g/mol. The fourth-order valence-electron chi connectivity index (χ4n) is 3.69. The minimum Gasteiger partial charge on any atom is -0.317 e. The van der Waals surface area contributed by atoms with Crippen molar-refractivity contribution in [2.75, 3.05) is 26.2 Å². The molecule has 0 aromatic heterocycles. The second kappa shape index (κ2) is 7.64. The summed E-state index contributed by atoms with van der Waals surface area (Å²) in [5.74, 6) is 1.88. The molecule has 0 aromatic carbocycles. The van der Waals surface area contributed by atoms with Gasteiger partial charge < -0.3 is 10.6 Å². The van der Waals surface area contributed by atoms with Crippen LogP contribution in [-0.4, -0.2) is 26.2 Å². The highest BCUT2D eigenvalue weighted by atomic mass is 14.9. The lowest BCUT2D eigenvalue weighted by Crippen LogP contribution is -2.31. The third-order valence-corrected chi connectivity index (χ3v) is 5.23. The summed E-state index contributed by atoms with van der Waals surface area (Å²) in [6, 6.07) is 0. The Morgan fingerprint density at radius 1 is 1.11 bits per heavy atom. The van der Waals surface area contributed by atoms with Crippen LogP contribution >= 0.6 is 0 Å². The average Bonchev–Trinajstić information content (AvgIpc) is 3.05. The molecule has 0 aromatic rings. The fraction of sp³-hybridized carbons (Fsp3) is 1.00. The summed E-state index contributed by atoms with van der Waals surface area (Å²) in [5.41, 5.74) is 0.759. The highest BCUT2D eigenvalue weighted by Crippen LogP contribution is 2.58. The molecule has 1 atom stereocenters. The molecular formula is C17H34N2. The van der Waals surface area contributed by atoms with E-state index in [1.807, 2.05) is 0 Å². The Morgan fingerprint density at radius 2 is 1.84 bits per heavy atom. The molecule has 0 amide bonds. The summed E-state index contributed by atoms with van der Waals surface area (Å²) >= 11 is 0. The molecule has 2 heteroatoms. The van der Waals surface area contributed by atoms with Crippen molar-refractivity contribution in [3.05, 3.63) is 0 Å². The Labute approximate surface area is 120 Å². The molecule has 1 saturated heterocycles. The Bertz CT molecular complexity index is 244. The predicted octanol–water partition coefficient (Wildman–Crippen LogP) is 3.57. The van der Waals surface area contributed by atoms with Crippen LogP contribution in [0.5, 0.6) is 0 Å². The number of hydrogen-bond donors (Lipinski definition) is 2. The first-order chi connectivity index (χ1) is 9.23. The molecule has 19 heavy (non-hydrogen) atoms. The molecule has 0 bridgehead atoms. The molecule has 2 rings (SSSR count). The molecule has 1 aliphatic carbocycles. The van der Waals surface area contributed by atoms with Crippen molar-refractivity contribution < 1.29 is 0 Å². The number of nitrogens with one attached hydrogen (secondary N) is 2. The minimum atomic E-state index is 0.759. The van der Waals surface area contributed by atoms with Crippen molar-refractivity contribution in [2.24, 2.45) is 17.3 Å². The van der Waals surface area contributed by atoms with Gasteiger partial charge in [0.1, 0.15) is 0 Å². The van der Waals surface area contributed by atoms with Crippen LogP contribution in [0, 0.1) is 17.3 Å². The zero-order chi connectivity index (χ0) is 13.6. The lowest BCUT2D eigenvalue weighted by Gasteiger charge is -2.23. The first-order valence-corrected chi connectivity index (χ1v) is 8.64. The summed E-state index contributed by atoms with van der Waals surface area (Å²) < 4.78 is 0. The van der Waals surface area contributed by atoms with Gasteiger partial charge in [0.25, 0.3) is 0 Å². The molecule has 2 aliphatic rings. The van der Waals surface area contributed by atoms with Gasteiger partial charge in [-0.1, -0.05) is 39.5 Å². The largest absolute Gasteiger partial charge is 0.317 e. The Kier molecular flexibility index (Phi) is 6.15. The molecule has 1 spiro atoms. The van der Waals surface area contributed by atoms with E-state index in [9.17, 15) is 0 Å². The maximum atomic E-state index is 3.70. The van der Waals surface area contributed by atoms with E-state index in [0.717, 1.165) is 17.3 Å². The summed E-state index contributed by atoms with van der Waals surface area (Å²) in [5, 5.41) is 7.18. The zero-order valence-electron chi connectivity index (χ0n) is 13.1. The highest BCUT2D eigenvalue weighted by molar-refractivity contribution is 5.04. The Hall–Kier alpha value is -0.0800. The van der Waals surface area contributed by atoms with Gasteiger partial charge in [0, 0.05) is 0 Å². The minimum absolute atomic E-state index is 0.759. The predicted molar refractivity (Wildman–Crippen MR) is 83.4 cm³/mol. The summed E-state index contributed by atoms with van der Waals surface area (Å²) in [6.07, 6.45) is 11.4. The van der Waals surface area contributed by atoms with Gasteiger partial charge in [-0.3, -0.25) is 0 Å². The molecule has 1 aliphatic heterocycles. The van der Waals surface area contributed by atoms with E-state index in [-0.39, 0.29) is 0 Å². The van der Waals surface area contributed by atoms with E-state index in [4.69, 9.17) is 0 Å². The first kappa shape index (κ1) is 15.3. The number of piperidine rings is 1. The van der Waals surface area contributed by atoms with Crippen LogP contribution in [0.1, 0.15) is 65.2 Å². The van der Waals surface area contributed by atoms with E-state index in [1.165, 1.54) is 77.5 Å². The van der Waals surface area contributed by atoms with Gasteiger partial charge >= 0.3 is 0 Å². The molecule has 1 unspecified atom stereocenters. The molecule has 1 heterocycles. The highest BCUT2D eigenvalue weighted by Gasteiger charge is 2.52. The number of rotatable bonds is 9. The van der Waals surface area contributed by atoms with Gasteiger partial charge in [0.15, 0.2) is 0 Å². The maximum absolute atomic E-state index is 3.70. The molecule has 2 nitrogen and oxygen atoms in total. The zero-order valence-corrected chi connectivity index (χ0v) is 13.1. The van der Waals surface area contributed by atoms with Gasteiger partial charge in [0.05, 0.1) is 0 Å². The third-order valence-electron chi connectivity index (χ3n) is 5.23. The molecule has 1 saturated carbocycles. The van der Waals surface area contributed by atoms with Crippen LogP contribution in [0.2, 0.25) is 0 Å². The van der Waals surface area contributed by atoms with Gasteiger partial charge in [-0.15, -0.1) is 0 Å². The second-order valence-electron chi connectivity index (χ2n) is 7.31. The van der Waals surface area contributed by atoms with E-state index in [0.29, 0.717) is 0 Å². The third kappa shape index (κ3) is 5.07. The molecule has 112 valence electrons. The SMILES string of the molecule is CC(C)CCCCCCNCC1CC12CCNCC2. The first-order valence-electron chi connectivity index (χ1n) is 8.64. The van der Waals surface area contributed by atoms with Gasteiger partial charge in [-0.2, -0.15) is 0 Å².